The molecule has 0 saturated carbocycles. The summed E-state index contributed by atoms with van der Waals surface area (Å²) in [7, 11) is 7.14. The summed E-state index contributed by atoms with van der Waals surface area (Å²) < 4.78 is 32.2. The normalized spacial score (nSPS) is 10.6. The van der Waals surface area contributed by atoms with Crippen LogP contribution in [-0.4, -0.2) is 40.7 Å². The molecule has 0 atom stereocenters. The largest absolute Gasteiger partial charge is 0.504 e. The van der Waals surface area contributed by atoms with E-state index in [0.717, 1.165) is 0 Å². The first-order chi connectivity index (χ1) is 13.5. The van der Waals surface area contributed by atoms with Crippen LogP contribution in [0.2, 0.25) is 0 Å². The quantitative estimate of drug-likeness (QED) is 0.688. The molecule has 1 N–H and O–H groups in total. The van der Waals surface area contributed by atoms with Crippen LogP contribution in [0.4, 0.5) is 0 Å². The molecular formula is C20H20O8. The summed E-state index contributed by atoms with van der Waals surface area (Å²) in [4.78, 5) is 13.1. The molecule has 3 rings (SSSR count). The van der Waals surface area contributed by atoms with Gasteiger partial charge in [0.05, 0.1) is 35.5 Å². The first kappa shape index (κ1) is 19.2. The highest BCUT2D eigenvalue weighted by atomic mass is 16.5. The third-order valence-electron chi connectivity index (χ3n) is 4.27. The second-order valence-corrected chi connectivity index (χ2v) is 5.73. The van der Waals surface area contributed by atoms with E-state index >= 15 is 0 Å². The molecule has 3 aromatic rings. The van der Waals surface area contributed by atoms with E-state index in [4.69, 9.17) is 28.1 Å². The third kappa shape index (κ3) is 3.02. The molecule has 0 spiro atoms. The zero-order chi connectivity index (χ0) is 20.4. The maximum atomic E-state index is 13.1. The lowest BCUT2D eigenvalue weighted by molar-refractivity contribution is 0.333. The van der Waals surface area contributed by atoms with E-state index in [2.05, 4.69) is 0 Å². The highest BCUT2D eigenvalue weighted by Crippen LogP contribution is 2.43. The van der Waals surface area contributed by atoms with Gasteiger partial charge in [0.2, 0.25) is 16.9 Å². The van der Waals surface area contributed by atoms with Gasteiger partial charge in [0.25, 0.3) is 0 Å². The lowest BCUT2D eigenvalue weighted by Crippen LogP contribution is -2.09. The summed E-state index contributed by atoms with van der Waals surface area (Å²) in [5.74, 6) is 1.09. The average molecular weight is 388 g/mol. The molecule has 1 aromatic heterocycles. The minimum absolute atomic E-state index is 0.0393. The fraction of sp³-hybridized carbons (Fsp3) is 0.250. The zero-order valence-electron chi connectivity index (χ0n) is 16.1. The monoisotopic (exact) mass is 388 g/mol. The number of aromatic hydroxyl groups is 1. The molecule has 0 fully saturated rings. The average Bonchev–Trinajstić information content (AvgIpc) is 2.71. The fourth-order valence-electron chi connectivity index (χ4n) is 2.97. The lowest BCUT2D eigenvalue weighted by atomic mass is 10.1. The Morgan fingerprint density at radius 2 is 1.46 bits per heavy atom. The number of methoxy groups -OCH3 is 5. The van der Waals surface area contributed by atoms with Gasteiger partial charge in [-0.05, 0) is 12.1 Å². The molecule has 0 aliphatic rings. The third-order valence-corrected chi connectivity index (χ3v) is 4.27. The SMILES string of the molecule is COc1cc(OC)c2c(=O)c(OC)c(-c3cc(O)c(OC)c(OC)c3)oc2c1. The van der Waals surface area contributed by atoms with Crippen LogP contribution in [0.25, 0.3) is 22.3 Å². The first-order valence-electron chi connectivity index (χ1n) is 8.21. The van der Waals surface area contributed by atoms with Gasteiger partial charge in [0.15, 0.2) is 17.3 Å². The maximum absolute atomic E-state index is 13.1. The molecule has 0 bridgehead atoms. The molecule has 0 aliphatic heterocycles. The predicted molar refractivity (Wildman–Crippen MR) is 102 cm³/mol. The van der Waals surface area contributed by atoms with Crippen molar-refractivity contribution in [2.45, 2.75) is 0 Å². The Morgan fingerprint density at radius 1 is 0.786 bits per heavy atom. The van der Waals surface area contributed by atoms with Crippen molar-refractivity contribution in [1.82, 2.24) is 0 Å². The summed E-state index contributed by atoms with van der Waals surface area (Å²) in [6.45, 7) is 0. The molecule has 1 heterocycles. The smallest absolute Gasteiger partial charge is 0.239 e. The van der Waals surface area contributed by atoms with Gasteiger partial charge >= 0.3 is 0 Å². The van der Waals surface area contributed by atoms with Crippen molar-refractivity contribution in [2.24, 2.45) is 0 Å². The van der Waals surface area contributed by atoms with Crippen LogP contribution in [0.5, 0.6) is 34.5 Å². The molecule has 28 heavy (non-hydrogen) atoms. The lowest BCUT2D eigenvalue weighted by Gasteiger charge is -2.14. The summed E-state index contributed by atoms with van der Waals surface area (Å²) in [6, 6.07) is 6.12. The van der Waals surface area contributed by atoms with E-state index in [1.165, 1.54) is 41.6 Å². The van der Waals surface area contributed by atoms with Gasteiger partial charge in [-0.3, -0.25) is 4.79 Å². The van der Waals surface area contributed by atoms with Crippen LogP contribution in [-0.2, 0) is 0 Å². The second-order valence-electron chi connectivity index (χ2n) is 5.73. The Bertz CT molecular complexity index is 1080. The van der Waals surface area contributed by atoms with Crippen molar-refractivity contribution in [3.05, 3.63) is 34.5 Å². The molecule has 0 saturated heterocycles. The number of ether oxygens (including phenoxy) is 5. The van der Waals surface area contributed by atoms with Gasteiger partial charge in [-0.25, -0.2) is 0 Å². The van der Waals surface area contributed by atoms with Crippen molar-refractivity contribution in [3.63, 3.8) is 0 Å². The number of benzene rings is 2. The number of hydrogen-bond donors (Lipinski definition) is 1. The highest BCUT2D eigenvalue weighted by molar-refractivity contribution is 5.89. The minimum atomic E-state index is -0.424. The standard InChI is InChI=1S/C20H20O8/c1-23-11-8-13(24-2)16-14(9-11)28-18(20(27-5)17(16)22)10-6-12(21)19(26-4)15(7-10)25-3/h6-9,21H,1-5H3. The Hall–Kier alpha value is -3.55. The van der Waals surface area contributed by atoms with Crippen molar-refractivity contribution in [2.75, 3.05) is 35.5 Å². The number of fused-ring (bicyclic) bond motifs is 1. The van der Waals surface area contributed by atoms with Crippen molar-refractivity contribution in [1.29, 1.82) is 0 Å². The van der Waals surface area contributed by atoms with Gasteiger partial charge < -0.3 is 33.2 Å². The van der Waals surface area contributed by atoms with Crippen LogP contribution in [0.15, 0.2) is 33.5 Å². The van der Waals surface area contributed by atoms with Gasteiger partial charge in [-0.15, -0.1) is 0 Å². The van der Waals surface area contributed by atoms with E-state index in [1.807, 2.05) is 0 Å². The van der Waals surface area contributed by atoms with Crippen LogP contribution in [0.1, 0.15) is 0 Å². The van der Waals surface area contributed by atoms with Gasteiger partial charge in [-0.2, -0.15) is 0 Å². The number of rotatable bonds is 6. The fourth-order valence-corrected chi connectivity index (χ4v) is 2.97. The van der Waals surface area contributed by atoms with Crippen LogP contribution in [0.3, 0.4) is 0 Å². The molecule has 0 aliphatic carbocycles. The van der Waals surface area contributed by atoms with E-state index < -0.39 is 5.43 Å². The van der Waals surface area contributed by atoms with E-state index in [1.54, 1.807) is 18.2 Å². The predicted octanol–water partition coefficient (Wildman–Crippen LogP) is 3.21. The molecule has 0 radical (unpaired) electrons. The molecule has 8 nitrogen and oxygen atoms in total. The molecular weight excluding hydrogens is 368 g/mol. The molecule has 148 valence electrons. The van der Waals surface area contributed by atoms with Crippen molar-refractivity contribution >= 4 is 11.0 Å². The van der Waals surface area contributed by atoms with E-state index in [9.17, 15) is 9.90 Å². The first-order valence-corrected chi connectivity index (χ1v) is 8.21. The summed E-state index contributed by atoms with van der Waals surface area (Å²) >= 11 is 0. The Morgan fingerprint density at radius 3 is 2.04 bits per heavy atom. The van der Waals surface area contributed by atoms with E-state index in [-0.39, 0.29) is 39.7 Å². The van der Waals surface area contributed by atoms with Crippen LogP contribution < -0.4 is 29.1 Å². The maximum Gasteiger partial charge on any atom is 0.239 e. The Balaban J connectivity index is 2.39. The van der Waals surface area contributed by atoms with Gasteiger partial charge in [-0.1, -0.05) is 0 Å². The summed E-state index contributed by atoms with van der Waals surface area (Å²) in [5, 5.41) is 10.5. The topological polar surface area (TPSA) is 96.6 Å². The molecule has 0 unspecified atom stereocenters. The highest BCUT2D eigenvalue weighted by Gasteiger charge is 2.23. The number of phenols is 1. The van der Waals surface area contributed by atoms with Gasteiger partial charge in [0.1, 0.15) is 22.5 Å². The molecule has 2 aromatic carbocycles. The molecule has 8 heteroatoms. The van der Waals surface area contributed by atoms with Crippen molar-refractivity contribution in [3.8, 4) is 45.8 Å². The van der Waals surface area contributed by atoms with Gasteiger partial charge in [0, 0.05) is 17.7 Å². The Labute approximate surface area is 160 Å². The summed E-state index contributed by atoms with van der Waals surface area (Å²) in [5.41, 5.74) is 0.187. The Kier molecular flexibility index (Phi) is 5.21. The zero-order valence-corrected chi connectivity index (χ0v) is 16.1. The van der Waals surface area contributed by atoms with Crippen LogP contribution in [0, 0.1) is 0 Å². The molecule has 0 amide bonds. The number of phenolic OH excluding ortho intramolecular Hbond substituents is 1. The minimum Gasteiger partial charge on any atom is -0.504 e. The number of hydrogen-bond acceptors (Lipinski definition) is 8. The van der Waals surface area contributed by atoms with Crippen molar-refractivity contribution < 1.29 is 33.2 Å². The van der Waals surface area contributed by atoms with Crippen LogP contribution >= 0.6 is 0 Å². The summed E-state index contributed by atoms with van der Waals surface area (Å²) in [6.07, 6.45) is 0. The van der Waals surface area contributed by atoms with E-state index in [0.29, 0.717) is 17.1 Å². The second kappa shape index (κ2) is 7.59.